The molecular formula is C29H44O3. The highest BCUT2D eigenvalue weighted by Crippen LogP contribution is 2.59. The van der Waals surface area contributed by atoms with Gasteiger partial charge in [0.2, 0.25) is 0 Å². The third-order valence-corrected chi connectivity index (χ3v) is 8.46. The van der Waals surface area contributed by atoms with Crippen molar-refractivity contribution in [2.75, 3.05) is 0 Å². The van der Waals surface area contributed by atoms with E-state index >= 15 is 0 Å². The van der Waals surface area contributed by atoms with E-state index in [1.165, 1.54) is 37.7 Å². The van der Waals surface area contributed by atoms with Gasteiger partial charge >= 0.3 is 0 Å². The summed E-state index contributed by atoms with van der Waals surface area (Å²) in [5.74, 6) is 2.05. The van der Waals surface area contributed by atoms with E-state index in [0.29, 0.717) is 35.7 Å². The van der Waals surface area contributed by atoms with Gasteiger partial charge in [-0.05, 0) is 98.8 Å². The van der Waals surface area contributed by atoms with Crippen molar-refractivity contribution in [1.82, 2.24) is 0 Å². The van der Waals surface area contributed by atoms with Crippen molar-refractivity contribution < 1.29 is 15.3 Å². The molecule has 3 heteroatoms. The molecule has 0 heterocycles. The number of aliphatic hydroxyl groups excluding tert-OH is 2. The molecular weight excluding hydrogens is 396 g/mol. The van der Waals surface area contributed by atoms with Crippen molar-refractivity contribution >= 4 is 0 Å². The fourth-order valence-electron chi connectivity index (χ4n) is 6.69. The van der Waals surface area contributed by atoms with E-state index in [9.17, 15) is 15.3 Å². The van der Waals surface area contributed by atoms with Crippen molar-refractivity contribution in [2.24, 2.45) is 23.2 Å². The first kappa shape index (κ1) is 25.3. The molecule has 0 aromatic carbocycles. The molecule has 0 aromatic heterocycles. The Morgan fingerprint density at radius 2 is 1.94 bits per heavy atom. The van der Waals surface area contributed by atoms with Gasteiger partial charge in [-0.3, -0.25) is 0 Å². The van der Waals surface area contributed by atoms with E-state index < -0.39 is 17.8 Å². The second-order valence-electron chi connectivity index (χ2n) is 11.5. The van der Waals surface area contributed by atoms with Gasteiger partial charge in [0.1, 0.15) is 0 Å². The molecule has 32 heavy (non-hydrogen) atoms. The van der Waals surface area contributed by atoms with Crippen molar-refractivity contribution in [1.29, 1.82) is 0 Å². The summed E-state index contributed by atoms with van der Waals surface area (Å²) < 4.78 is 0. The first-order valence-corrected chi connectivity index (χ1v) is 12.7. The van der Waals surface area contributed by atoms with Crippen LogP contribution in [0.4, 0.5) is 0 Å². The maximum absolute atomic E-state index is 10.0. The van der Waals surface area contributed by atoms with E-state index in [4.69, 9.17) is 0 Å². The minimum Gasteiger partial charge on any atom is -0.393 e. The van der Waals surface area contributed by atoms with Crippen molar-refractivity contribution in [3.8, 4) is 0 Å². The number of rotatable bonds is 6. The fourth-order valence-corrected chi connectivity index (χ4v) is 6.69. The number of allylic oxidation sites excluding steroid dienone is 1. The van der Waals surface area contributed by atoms with Crippen molar-refractivity contribution in [3.05, 3.63) is 46.9 Å². The summed E-state index contributed by atoms with van der Waals surface area (Å²) in [6, 6.07) is 0. The molecule has 0 spiro atoms. The van der Waals surface area contributed by atoms with Crippen LogP contribution in [0.3, 0.4) is 0 Å². The molecule has 0 unspecified atom stereocenters. The lowest BCUT2D eigenvalue weighted by Gasteiger charge is -2.44. The molecule has 0 aliphatic heterocycles. The van der Waals surface area contributed by atoms with Crippen LogP contribution in [0.15, 0.2) is 46.9 Å². The van der Waals surface area contributed by atoms with Crippen LogP contribution in [0.2, 0.25) is 0 Å². The molecule has 3 fully saturated rings. The van der Waals surface area contributed by atoms with Crippen molar-refractivity contribution in [3.63, 3.8) is 0 Å². The van der Waals surface area contributed by atoms with Crippen LogP contribution >= 0.6 is 0 Å². The lowest BCUT2D eigenvalue weighted by molar-refractivity contribution is 0.0597. The highest BCUT2D eigenvalue weighted by atomic mass is 16.3. The Morgan fingerprint density at radius 1 is 1.22 bits per heavy atom. The van der Waals surface area contributed by atoms with Gasteiger partial charge in [0.15, 0.2) is 0 Å². The molecule has 0 radical (unpaired) electrons. The third kappa shape index (κ3) is 5.96. The molecule has 3 nitrogen and oxygen atoms in total. The molecule has 0 aromatic rings. The first-order chi connectivity index (χ1) is 15.0. The van der Waals surface area contributed by atoms with E-state index in [-0.39, 0.29) is 0 Å². The molecule has 3 N–H and O–H groups in total. The summed E-state index contributed by atoms with van der Waals surface area (Å²) in [6.07, 6.45) is 12.9. The molecule has 3 aliphatic rings. The van der Waals surface area contributed by atoms with E-state index in [0.717, 1.165) is 30.8 Å². The predicted molar refractivity (Wildman–Crippen MR) is 131 cm³/mol. The van der Waals surface area contributed by atoms with Gasteiger partial charge in [0.05, 0.1) is 17.8 Å². The monoisotopic (exact) mass is 440 g/mol. The van der Waals surface area contributed by atoms with Gasteiger partial charge < -0.3 is 15.3 Å². The Morgan fingerprint density at radius 3 is 2.66 bits per heavy atom. The first-order valence-electron chi connectivity index (χ1n) is 12.7. The minimum atomic E-state index is -0.670. The third-order valence-electron chi connectivity index (χ3n) is 8.46. The van der Waals surface area contributed by atoms with E-state index in [2.05, 4.69) is 31.9 Å². The number of aliphatic hydroxyl groups is 3. The Balaban J connectivity index is 1.70. The summed E-state index contributed by atoms with van der Waals surface area (Å²) in [6.45, 7) is 12.7. The van der Waals surface area contributed by atoms with Gasteiger partial charge in [-0.2, -0.15) is 0 Å². The van der Waals surface area contributed by atoms with Crippen LogP contribution in [0.25, 0.3) is 0 Å². The summed E-state index contributed by atoms with van der Waals surface area (Å²) in [5, 5.41) is 29.9. The van der Waals surface area contributed by atoms with Crippen LogP contribution in [0.5, 0.6) is 0 Å². The van der Waals surface area contributed by atoms with Gasteiger partial charge in [-0.15, -0.1) is 11.5 Å². The van der Waals surface area contributed by atoms with Crippen molar-refractivity contribution in [2.45, 2.75) is 110 Å². The maximum atomic E-state index is 10.0. The Labute approximate surface area is 195 Å². The number of hydrogen-bond donors (Lipinski definition) is 3. The highest BCUT2D eigenvalue weighted by molar-refractivity contribution is 5.35. The normalized spacial score (nSPS) is 33.9. The summed E-state index contributed by atoms with van der Waals surface area (Å²) in [5.41, 5.74) is 9.56. The number of hydrogen-bond acceptors (Lipinski definition) is 3. The highest BCUT2D eigenvalue weighted by Gasteiger charge is 2.50. The minimum absolute atomic E-state index is 0.358. The van der Waals surface area contributed by atoms with Crippen LogP contribution in [0, 0.1) is 23.2 Å². The van der Waals surface area contributed by atoms with Gasteiger partial charge in [0.25, 0.3) is 0 Å². The molecule has 0 amide bonds. The molecule has 3 aliphatic carbocycles. The average molecular weight is 441 g/mol. The Kier molecular flexibility index (Phi) is 8.13. The van der Waals surface area contributed by atoms with Gasteiger partial charge in [0, 0.05) is 18.4 Å². The lowest BCUT2D eigenvalue weighted by Crippen LogP contribution is -2.36. The smallest absolute Gasteiger partial charge is 0.0817 e. The zero-order chi connectivity index (χ0) is 23.5. The fraction of sp³-hybridized carbons (Fsp3) is 0.724. The molecule has 6 atom stereocenters. The number of fused-ring (bicyclic) bond motifs is 1. The largest absolute Gasteiger partial charge is 0.393 e. The molecule has 3 rings (SSSR count). The lowest BCUT2D eigenvalue weighted by atomic mass is 9.61. The maximum Gasteiger partial charge on any atom is 0.0817 e. The molecule has 0 bridgehead atoms. The zero-order valence-electron chi connectivity index (χ0n) is 20.7. The Hall–Kier alpha value is -1.34. The van der Waals surface area contributed by atoms with Crippen LogP contribution in [0.1, 0.15) is 91.9 Å². The SMILES string of the molecule is C=C1C(=C=CC=C=C2CCC[C@]3(C)[C@@H]([C@H](C)CCCC(C)(C)O)CC[C@@H]23)C[C@@H](O)C[C@@H]1O. The second-order valence-corrected chi connectivity index (χ2v) is 11.5. The summed E-state index contributed by atoms with van der Waals surface area (Å²) in [7, 11) is 0. The van der Waals surface area contributed by atoms with E-state index in [1.807, 2.05) is 26.0 Å². The zero-order valence-corrected chi connectivity index (χ0v) is 20.7. The van der Waals surface area contributed by atoms with Gasteiger partial charge in [-0.1, -0.05) is 33.3 Å². The standard InChI is InChI=1S/C29H44O3/c1-20(10-8-16-28(3,4)32)25-14-15-26-22(13-9-17-29(25,26)5)11-6-7-12-23-18-24(30)19-27(31)21(23)2/h6-7,20,24-27,30-32H,2,8-10,13-19H2,1,3-5H3/t11?,12?,20-,24-,25-,26+,27+,29-/m1/s1. The van der Waals surface area contributed by atoms with Crippen LogP contribution in [-0.4, -0.2) is 33.1 Å². The van der Waals surface area contributed by atoms with Crippen LogP contribution in [-0.2, 0) is 0 Å². The Bertz CT molecular complexity index is 816. The summed E-state index contributed by atoms with van der Waals surface area (Å²) >= 11 is 0. The van der Waals surface area contributed by atoms with Gasteiger partial charge in [-0.25, -0.2) is 0 Å². The van der Waals surface area contributed by atoms with Crippen LogP contribution < -0.4 is 0 Å². The quantitative estimate of drug-likeness (QED) is 0.350. The topological polar surface area (TPSA) is 60.7 Å². The molecule has 3 saturated carbocycles. The predicted octanol–water partition coefficient (Wildman–Crippen LogP) is 6.01. The average Bonchev–Trinajstić information content (AvgIpc) is 3.05. The summed E-state index contributed by atoms with van der Waals surface area (Å²) in [4.78, 5) is 0. The molecule has 0 saturated heterocycles. The second kappa shape index (κ2) is 10.3. The van der Waals surface area contributed by atoms with E-state index in [1.54, 1.807) is 0 Å². The molecule has 178 valence electrons.